The fourth-order valence-electron chi connectivity index (χ4n) is 4.67. The van der Waals surface area contributed by atoms with Gasteiger partial charge in [0.15, 0.2) is 0 Å². The first-order valence-electron chi connectivity index (χ1n) is 11.5. The Hall–Kier alpha value is -2.91. The smallest absolute Gasteiger partial charge is 0.264 e. The molecule has 2 amide bonds. The minimum absolute atomic E-state index is 0.0220. The van der Waals surface area contributed by atoms with Crippen LogP contribution in [0.3, 0.4) is 0 Å². The van der Waals surface area contributed by atoms with Crippen LogP contribution in [0.2, 0.25) is 5.02 Å². The van der Waals surface area contributed by atoms with Gasteiger partial charge in [0.2, 0.25) is 5.91 Å². The Labute approximate surface area is 206 Å². The van der Waals surface area contributed by atoms with Crippen molar-refractivity contribution in [3.05, 3.63) is 56.4 Å². The molecule has 8 nitrogen and oxygen atoms in total. The Morgan fingerprint density at radius 3 is 2.50 bits per heavy atom. The molecule has 0 radical (unpaired) electrons. The topological polar surface area (TPSA) is 78.8 Å². The maximum Gasteiger partial charge on any atom is 0.264 e. The Morgan fingerprint density at radius 2 is 1.79 bits per heavy atom. The zero-order valence-corrected chi connectivity index (χ0v) is 20.6. The van der Waals surface area contributed by atoms with Gasteiger partial charge in [0.25, 0.3) is 11.5 Å². The second-order valence-electron chi connectivity index (χ2n) is 8.76. The fraction of sp³-hybridized carbons (Fsp3) is 0.417. The molecule has 2 aromatic heterocycles. The molecular weight excluding hydrogens is 474 g/mol. The third kappa shape index (κ3) is 4.30. The van der Waals surface area contributed by atoms with Crippen LogP contribution in [0.15, 0.2) is 35.4 Å². The zero-order valence-electron chi connectivity index (χ0n) is 19.0. The van der Waals surface area contributed by atoms with Crippen molar-refractivity contribution in [3.63, 3.8) is 0 Å². The summed E-state index contributed by atoms with van der Waals surface area (Å²) in [5.41, 5.74) is 1.42. The maximum atomic E-state index is 13.3. The van der Waals surface area contributed by atoms with E-state index in [1.165, 1.54) is 22.2 Å². The van der Waals surface area contributed by atoms with Gasteiger partial charge in [0.05, 0.1) is 16.6 Å². The number of anilines is 1. The number of aromatic nitrogens is 2. The molecule has 2 aliphatic rings. The van der Waals surface area contributed by atoms with E-state index in [0.29, 0.717) is 51.9 Å². The summed E-state index contributed by atoms with van der Waals surface area (Å²) >= 11 is 7.37. The molecule has 3 aromatic rings. The number of carbonyl (C=O) groups excluding carboxylic acids is 2. The van der Waals surface area contributed by atoms with E-state index in [1.54, 1.807) is 11.8 Å². The number of amides is 2. The number of benzene rings is 1. The second-order valence-corrected chi connectivity index (χ2v) is 10.2. The van der Waals surface area contributed by atoms with Crippen LogP contribution in [0, 0.1) is 6.92 Å². The molecule has 0 N–H and O–H groups in total. The molecule has 10 heteroatoms. The molecule has 2 aliphatic heterocycles. The van der Waals surface area contributed by atoms with Crippen molar-refractivity contribution in [1.82, 2.24) is 19.4 Å². The number of piperazine rings is 1. The van der Waals surface area contributed by atoms with Crippen molar-refractivity contribution in [2.75, 3.05) is 44.2 Å². The van der Waals surface area contributed by atoms with E-state index in [9.17, 15) is 14.4 Å². The average molecular weight is 500 g/mol. The predicted octanol–water partition coefficient (Wildman–Crippen LogP) is 3.00. The monoisotopic (exact) mass is 499 g/mol. The molecule has 4 heterocycles. The molecule has 1 aromatic carbocycles. The number of nitrogens with zero attached hydrogens (tertiary/aromatic N) is 5. The lowest BCUT2D eigenvalue weighted by molar-refractivity contribution is -0.130. The molecule has 2 saturated heterocycles. The fourth-order valence-corrected chi connectivity index (χ4v) is 5.96. The third-order valence-electron chi connectivity index (χ3n) is 6.62. The molecule has 178 valence electrons. The molecular formula is C24H26ClN5O3S. The summed E-state index contributed by atoms with van der Waals surface area (Å²) in [6.07, 6.45) is 3.42. The quantitative estimate of drug-likeness (QED) is 0.551. The van der Waals surface area contributed by atoms with Gasteiger partial charge in [0, 0.05) is 50.0 Å². The molecule has 0 saturated carbocycles. The number of hydrogen-bond donors (Lipinski definition) is 0. The van der Waals surface area contributed by atoms with Crippen molar-refractivity contribution < 1.29 is 9.59 Å². The van der Waals surface area contributed by atoms with Gasteiger partial charge in [-0.3, -0.25) is 19.0 Å². The van der Waals surface area contributed by atoms with E-state index in [4.69, 9.17) is 11.6 Å². The van der Waals surface area contributed by atoms with Crippen molar-refractivity contribution >= 4 is 50.7 Å². The van der Waals surface area contributed by atoms with Crippen LogP contribution in [0.4, 0.5) is 5.69 Å². The standard InChI is InChI=1S/C24H26ClN5O3S/c1-16-20-22(26-15-30(23(20)32)14-19(31)28-7-2-3-8-28)34-21(16)24(33)29-11-9-27(10-12-29)18-6-4-5-17(25)13-18/h4-6,13,15H,2-3,7-12,14H2,1H3. The van der Waals surface area contributed by atoms with Crippen LogP contribution in [0.5, 0.6) is 0 Å². The first-order chi connectivity index (χ1) is 16.4. The lowest BCUT2D eigenvalue weighted by Crippen LogP contribution is -2.48. The average Bonchev–Trinajstić information content (AvgIpc) is 3.49. The Kier molecular flexibility index (Phi) is 6.31. The highest BCUT2D eigenvalue weighted by atomic mass is 35.5. The number of rotatable bonds is 4. The van der Waals surface area contributed by atoms with Gasteiger partial charge < -0.3 is 14.7 Å². The highest BCUT2D eigenvalue weighted by Crippen LogP contribution is 2.29. The number of fused-ring (bicyclic) bond motifs is 1. The summed E-state index contributed by atoms with van der Waals surface area (Å²) in [6.45, 7) is 5.84. The minimum Gasteiger partial charge on any atom is -0.368 e. The molecule has 0 unspecified atom stereocenters. The number of aryl methyl sites for hydroxylation is 1. The van der Waals surface area contributed by atoms with Crippen LogP contribution in [-0.2, 0) is 11.3 Å². The van der Waals surface area contributed by atoms with Gasteiger partial charge in [-0.15, -0.1) is 11.3 Å². The minimum atomic E-state index is -0.267. The first kappa shape index (κ1) is 22.9. The predicted molar refractivity (Wildman–Crippen MR) is 134 cm³/mol. The normalized spacial score (nSPS) is 16.5. The Morgan fingerprint density at radius 1 is 1.06 bits per heavy atom. The van der Waals surface area contributed by atoms with Crippen LogP contribution >= 0.6 is 22.9 Å². The maximum absolute atomic E-state index is 13.3. The summed E-state index contributed by atoms with van der Waals surface area (Å²) in [4.78, 5) is 50.3. The summed E-state index contributed by atoms with van der Waals surface area (Å²) in [6, 6.07) is 7.72. The molecule has 34 heavy (non-hydrogen) atoms. The van der Waals surface area contributed by atoms with Crippen LogP contribution in [0.1, 0.15) is 28.1 Å². The number of thiophene rings is 1. The number of halogens is 1. The van der Waals surface area contributed by atoms with E-state index in [1.807, 2.05) is 29.2 Å². The summed E-state index contributed by atoms with van der Waals surface area (Å²) < 4.78 is 1.36. The van der Waals surface area contributed by atoms with Crippen LogP contribution < -0.4 is 10.5 Å². The van der Waals surface area contributed by atoms with Crippen molar-refractivity contribution in [3.8, 4) is 0 Å². The summed E-state index contributed by atoms with van der Waals surface area (Å²) in [7, 11) is 0. The zero-order chi connectivity index (χ0) is 23.8. The second kappa shape index (κ2) is 9.38. The van der Waals surface area contributed by atoms with E-state index >= 15 is 0 Å². The lowest BCUT2D eigenvalue weighted by Gasteiger charge is -2.36. The van der Waals surface area contributed by atoms with Crippen LogP contribution in [-0.4, -0.2) is 70.4 Å². The van der Waals surface area contributed by atoms with E-state index < -0.39 is 0 Å². The van der Waals surface area contributed by atoms with Gasteiger partial charge in [-0.1, -0.05) is 17.7 Å². The molecule has 0 bridgehead atoms. The van der Waals surface area contributed by atoms with Crippen molar-refractivity contribution in [2.45, 2.75) is 26.3 Å². The molecule has 0 spiro atoms. The van der Waals surface area contributed by atoms with E-state index in [0.717, 1.165) is 31.6 Å². The first-order valence-corrected chi connectivity index (χ1v) is 12.7. The van der Waals surface area contributed by atoms with Gasteiger partial charge in [0.1, 0.15) is 11.4 Å². The SMILES string of the molecule is Cc1c(C(=O)N2CCN(c3cccc(Cl)c3)CC2)sc2ncn(CC(=O)N3CCCC3)c(=O)c12. The lowest BCUT2D eigenvalue weighted by atomic mass is 10.2. The number of likely N-dealkylation sites (tertiary alicyclic amines) is 1. The Balaban J connectivity index is 1.33. The van der Waals surface area contributed by atoms with E-state index in [2.05, 4.69) is 9.88 Å². The van der Waals surface area contributed by atoms with Gasteiger partial charge in [-0.05, 0) is 43.5 Å². The Bertz CT molecular complexity index is 1310. The summed E-state index contributed by atoms with van der Waals surface area (Å²) in [5.74, 6) is -0.146. The van der Waals surface area contributed by atoms with Gasteiger partial charge in [-0.2, -0.15) is 0 Å². The van der Waals surface area contributed by atoms with E-state index in [-0.39, 0.29) is 23.9 Å². The number of carbonyl (C=O) groups is 2. The third-order valence-corrected chi connectivity index (χ3v) is 8.04. The summed E-state index contributed by atoms with van der Waals surface area (Å²) in [5, 5.41) is 1.12. The largest absolute Gasteiger partial charge is 0.368 e. The van der Waals surface area contributed by atoms with Gasteiger partial charge in [-0.25, -0.2) is 4.98 Å². The molecule has 0 atom stereocenters. The van der Waals surface area contributed by atoms with Crippen LogP contribution in [0.25, 0.3) is 10.2 Å². The highest BCUT2D eigenvalue weighted by molar-refractivity contribution is 7.20. The molecule has 0 aliphatic carbocycles. The van der Waals surface area contributed by atoms with Gasteiger partial charge >= 0.3 is 0 Å². The van der Waals surface area contributed by atoms with Crippen molar-refractivity contribution in [2.24, 2.45) is 0 Å². The molecule has 5 rings (SSSR count). The van der Waals surface area contributed by atoms with Crippen molar-refractivity contribution in [1.29, 1.82) is 0 Å². The highest BCUT2D eigenvalue weighted by Gasteiger charge is 2.27. The number of hydrogen-bond acceptors (Lipinski definition) is 6. The molecule has 2 fully saturated rings.